The third-order valence-electron chi connectivity index (χ3n) is 3.27. The molecule has 0 aliphatic carbocycles. The predicted molar refractivity (Wildman–Crippen MR) is 66.8 cm³/mol. The molecule has 1 N–H and O–H groups in total. The first kappa shape index (κ1) is 13.0. The van der Waals surface area contributed by atoms with Crippen LogP contribution in [0.3, 0.4) is 0 Å². The molecular weight excluding hydrogens is 233 g/mol. The first-order valence-corrected chi connectivity index (χ1v) is 6.31. The van der Waals surface area contributed by atoms with Crippen LogP contribution in [0, 0.1) is 5.95 Å². The van der Waals surface area contributed by atoms with Crippen molar-refractivity contribution in [1.82, 2.24) is 15.2 Å². The number of rotatable bonds is 4. The van der Waals surface area contributed by atoms with E-state index in [1.54, 1.807) is 0 Å². The summed E-state index contributed by atoms with van der Waals surface area (Å²) in [5.41, 5.74) is 0.128. The minimum absolute atomic E-state index is 0.128. The highest BCUT2D eigenvalue weighted by Crippen LogP contribution is 2.10. The smallest absolute Gasteiger partial charge is 0.270 e. The summed E-state index contributed by atoms with van der Waals surface area (Å²) in [4.78, 5) is 17.7. The minimum Gasteiger partial charge on any atom is -0.349 e. The van der Waals surface area contributed by atoms with E-state index < -0.39 is 5.95 Å². The highest BCUT2D eigenvalue weighted by molar-refractivity contribution is 5.92. The van der Waals surface area contributed by atoms with Gasteiger partial charge in [-0.1, -0.05) is 6.07 Å². The summed E-state index contributed by atoms with van der Waals surface area (Å²) in [7, 11) is 0. The number of likely N-dealkylation sites (tertiary alicyclic amines) is 1. The molecule has 0 saturated carbocycles. The molecule has 1 atom stereocenters. The molecule has 1 aliphatic rings. The SMILES string of the molecule is CC(CNC(=O)c1cccc(F)n1)N1CCCC1. The van der Waals surface area contributed by atoms with Crippen molar-refractivity contribution in [3.05, 3.63) is 29.8 Å². The minimum atomic E-state index is -0.629. The second-order valence-electron chi connectivity index (χ2n) is 4.65. The molecule has 1 aromatic rings. The fourth-order valence-corrected chi connectivity index (χ4v) is 2.18. The zero-order valence-electron chi connectivity index (χ0n) is 10.5. The summed E-state index contributed by atoms with van der Waals surface area (Å²) in [6, 6.07) is 4.54. The van der Waals surface area contributed by atoms with Crippen molar-refractivity contribution in [3.63, 3.8) is 0 Å². The summed E-state index contributed by atoms with van der Waals surface area (Å²) in [6.07, 6.45) is 2.45. The monoisotopic (exact) mass is 251 g/mol. The molecule has 98 valence electrons. The highest BCUT2D eigenvalue weighted by atomic mass is 19.1. The maximum absolute atomic E-state index is 12.9. The molecule has 1 amide bonds. The Kier molecular flexibility index (Phi) is 4.25. The molecular formula is C13H18FN3O. The van der Waals surface area contributed by atoms with Gasteiger partial charge in [0.05, 0.1) is 0 Å². The van der Waals surface area contributed by atoms with Crippen LogP contribution in [0.2, 0.25) is 0 Å². The van der Waals surface area contributed by atoms with Crippen molar-refractivity contribution in [1.29, 1.82) is 0 Å². The van der Waals surface area contributed by atoms with Crippen molar-refractivity contribution in [2.75, 3.05) is 19.6 Å². The zero-order chi connectivity index (χ0) is 13.0. The van der Waals surface area contributed by atoms with Gasteiger partial charge in [-0.05, 0) is 45.0 Å². The van der Waals surface area contributed by atoms with Crippen LogP contribution >= 0.6 is 0 Å². The third-order valence-corrected chi connectivity index (χ3v) is 3.27. The molecule has 0 bridgehead atoms. The molecule has 1 fully saturated rings. The van der Waals surface area contributed by atoms with Crippen LogP contribution in [-0.4, -0.2) is 41.5 Å². The summed E-state index contributed by atoms with van der Waals surface area (Å²) in [5, 5.41) is 2.79. The van der Waals surface area contributed by atoms with Crippen LogP contribution in [-0.2, 0) is 0 Å². The Bertz CT molecular complexity index is 418. The van der Waals surface area contributed by atoms with Gasteiger partial charge in [0.1, 0.15) is 5.69 Å². The van der Waals surface area contributed by atoms with Crippen molar-refractivity contribution < 1.29 is 9.18 Å². The Hall–Kier alpha value is -1.49. The molecule has 5 heteroatoms. The van der Waals surface area contributed by atoms with E-state index in [0.29, 0.717) is 12.6 Å². The second kappa shape index (κ2) is 5.91. The number of nitrogens with one attached hydrogen (secondary N) is 1. The third kappa shape index (κ3) is 3.26. The molecule has 0 aromatic carbocycles. The van der Waals surface area contributed by atoms with Gasteiger partial charge >= 0.3 is 0 Å². The van der Waals surface area contributed by atoms with Crippen LogP contribution < -0.4 is 5.32 Å². The second-order valence-corrected chi connectivity index (χ2v) is 4.65. The summed E-state index contributed by atoms with van der Waals surface area (Å²) < 4.78 is 12.9. The van der Waals surface area contributed by atoms with Crippen molar-refractivity contribution in [2.45, 2.75) is 25.8 Å². The fraction of sp³-hybridized carbons (Fsp3) is 0.538. The van der Waals surface area contributed by atoms with Gasteiger partial charge in [0.2, 0.25) is 5.95 Å². The van der Waals surface area contributed by atoms with E-state index >= 15 is 0 Å². The van der Waals surface area contributed by atoms with Gasteiger partial charge in [0.25, 0.3) is 5.91 Å². The normalized spacial score (nSPS) is 17.7. The van der Waals surface area contributed by atoms with Gasteiger partial charge in [0, 0.05) is 12.6 Å². The van der Waals surface area contributed by atoms with Gasteiger partial charge in [-0.15, -0.1) is 0 Å². The molecule has 1 saturated heterocycles. The van der Waals surface area contributed by atoms with E-state index in [-0.39, 0.29) is 11.6 Å². The van der Waals surface area contributed by atoms with Crippen LogP contribution in [0.5, 0.6) is 0 Å². The molecule has 2 rings (SSSR count). The van der Waals surface area contributed by atoms with E-state index in [2.05, 4.69) is 22.1 Å². The molecule has 1 aliphatic heterocycles. The number of aromatic nitrogens is 1. The maximum Gasteiger partial charge on any atom is 0.270 e. The summed E-state index contributed by atoms with van der Waals surface area (Å²) >= 11 is 0. The molecule has 1 unspecified atom stereocenters. The zero-order valence-corrected chi connectivity index (χ0v) is 10.5. The van der Waals surface area contributed by atoms with Gasteiger partial charge in [-0.25, -0.2) is 4.98 Å². The fourth-order valence-electron chi connectivity index (χ4n) is 2.18. The largest absolute Gasteiger partial charge is 0.349 e. The van der Waals surface area contributed by atoms with Crippen LogP contribution in [0.4, 0.5) is 4.39 Å². The quantitative estimate of drug-likeness (QED) is 0.823. The standard InChI is InChI=1S/C13H18FN3O/c1-10(17-7-2-3-8-17)9-15-13(18)11-5-4-6-12(14)16-11/h4-6,10H,2-3,7-9H2,1H3,(H,15,18). The number of halogens is 1. The number of hydrogen-bond acceptors (Lipinski definition) is 3. The first-order chi connectivity index (χ1) is 8.66. The van der Waals surface area contributed by atoms with Gasteiger partial charge in [0.15, 0.2) is 0 Å². The lowest BCUT2D eigenvalue weighted by molar-refractivity contribution is 0.0934. The number of amides is 1. The highest BCUT2D eigenvalue weighted by Gasteiger charge is 2.18. The van der Waals surface area contributed by atoms with Crippen LogP contribution in [0.25, 0.3) is 0 Å². The average molecular weight is 251 g/mol. The maximum atomic E-state index is 12.9. The van der Waals surface area contributed by atoms with E-state index in [0.717, 1.165) is 13.1 Å². The lowest BCUT2D eigenvalue weighted by Crippen LogP contribution is -2.40. The number of carbonyl (C=O) groups excluding carboxylic acids is 1. The Morgan fingerprint density at radius 1 is 1.50 bits per heavy atom. The van der Waals surface area contributed by atoms with E-state index in [1.165, 1.54) is 31.0 Å². The number of hydrogen-bond donors (Lipinski definition) is 1. The number of carbonyl (C=O) groups is 1. The van der Waals surface area contributed by atoms with Crippen LogP contribution in [0.15, 0.2) is 18.2 Å². The molecule has 18 heavy (non-hydrogen) atoms. The van der Waals surface area contributed by atoms with Gasteiger partial charge in [-0.3, -0.25) is 9.69 Å². The molecule has 0 spiro atoms. The Balaban J connectivity index is 1.84. The van der Waals surface area contributed by atoms with E-state index in [4.69, 9.17) is 0 Å². The van der Waals surface area contributed by atoms with Gasteiger partial charge < -0.3 is 5.32 Å². The first-order valence-electron chi connectivity index (χ1n) is 6.31. The lowest BCUT2D eigenvalue weighted by atomic mass is 10.2. The Labute approximate surface area is 106 Å². The number of nitrogens with zero attached hydrogens (tertiary/aromatic N) is 2. The summed E-state index contributed by atoms with van der Waals surface area (Å²) in [6.45, 7) is 4.84. The Morgan fingerprint density at radius 3 is 2.89 bits per heavy atom. The molecule has 1 aromatic heterocycles. The predicted octanol–water partition coefficient (Wildman–Crippen LogP) is 1.43. The summed E-state index contributed by atoms with van der Waals surface area (Å²) in [5.74, 6) is -0.948. The van der Waals surface area contributed by atoms with Crippen molar-refractivity contribution in [2.24, 2.45) is 0 Å². The van der Waals surface area contributed by atoms with Crippen molar-refractivity contribution >= 4 is 5.91 Å². The van der Waals surface area contributed by atoms with Gasteiger partial charge in [-0.2, -0.15) is 4.39 Å². The van der Waals surface area contributed by atoms with Crippen LogP contribution in [0.1, 0.15) is 30.3 Å². The average Bonchev–Trinajstić information content (AvgIpc) is 2.89. The molecule has 0 radical (unpaired) electrons. The van der Waals surface area contributed by atoms with Crippen molar-refractivity contribution in [3.8, 4) is 0 Å². The molecule has 4 nitrogen and oxygen atoms in total. The lowest BCUT2D eigenvalue weighted by Gasteiger charge is -2.23. The van der Waals surface area contributed by atoms with E-state index in [9.17, 15) is 9.18 Å². The topological polar surface area (TPSA) is 45.2 Å². The number of pyridine rings is 1. The molecule has 2 heterocycles. The van der Waals surface area contributed by atoms with E-state index in [1.807, 2.05) is 0 Å². The Morgan fingerprint density at radius 2 is 2.22 bits per heavy atom.